The van der Waals surface area contributed by atoms with Crippen LogP contribution in [-0.2, 0) is 0 Å². The lowest BCUT2D eigenvalue weighted by molar-refractivity contribution is 0.404. The van der Waals surface area contributed by atoms with Gasteiger partial charge in [-0.05, 0) is 18.4 Å². The van der Waals surface area contributed by atoms with E-state index in [9.17, 15) is 0 Å². The Kier molecular flexibility index (Phi) is 3.39. The highest BCUT2D eigenvalue weighted by Gasteiger charge is 2.16. The Morgan fingerprint density at radius 2 is 2.14 bits per heavy atom. The summed E-state index contributed by atoms with van der Waals surface area (Å²) < 4.78 is 0. The van der Waals surface area contributed by atoms with Gasteiger partial charge in [0.1, 0.15) is 0 Å². The number of allylic oxidation sites excluding steroid dienone is 2. The maximum absolute atomic E-state index is 3.95. The van der Waals surface area contributed by atoms with Crippen LogP contribution in [0.4, 0.5) is 0 Å². The van der Waals surface area contributed by atoms with Gasteiger partial charge in [0.15, 0.2) is 0 Å². The van der Waals surface area contributed by atoms with Gasteiger partial charge < -0.3 is 10.2 Å². The van der Waals surface area contributed by atoms with Crippen molar-refractivity contribution in [3.05, 3.63) is 35.8 Å². The van der Waals surface area contributed by atoms with E-state index in [1.54, 1.807) is 0 Å². The van der Waals surface area contributed by atoms with Crippen LogP contribution in [0.5, 0.6) is 0 Å². The van der Waals surface area contributed by atoms with Crippen LogP contribution in [0.2, 0.25) is 0 Å². The molecule has 2 heteroatoms. The van der Waals surface area contributed by atoms with Crippen LogP contribution >= 0.6 is 0 Å². The highest BCUT2D eigenvalue weighted by molar-refractivity contribution is 5.36. The number of nitrogens with zero attached hydrogens (tertiary/aromatic N) is 1. The first-order valence-electron chi connectivity index (χ1n) is 5.09. The van der Waals surface area contributed by atoms with Crippen LogP contribution in [0, 0.1) is 5.92 Å². The molecule has 14 heavy (non-hydrogen) atoms. The van der Waals surface area contributed by atoms with E-state index in [-0.39, 0.29) is 0 Å². The van der Waals surface area contributed by atoms with Crippen molar-refractivity contribution in [3.8, 4) is 0 Å². The van der Waals surface area contributed by atoms with Gasteiger partial charge in [-0.3, -0.25) is 0 Å². The van der Waals surface area contributed by atoms with Crippen LogP contribution < -0.4 is 5.32 Å². The van der Waals surface area contributed by atoms with Gasteiger partial charge in [-0.2, -0.15) is 0 Å². The molecule has 1 heterocycles. The third kappa shape index (κ3) is 2.41. The molecule has 0 aliphatic carbocycles. The van der Waals surface area contributed by atoms with Crippen molar-refractivity contribution in [1.82, 2.24) is 10.2 Å². The van der Waals surface area contributed by atoms with E-state index in [0.717, 1.165) is 12.4 Å². The van der Waals surface area contributed by atoms with Gasteiger partial charge in [-0.1, -0.05) is 32.6 Å². The van der Waals surface area contributed by atoms with Gasteiger partial charge >= 0.3 is 0 Å². The predicted molar refractivity (Wildman–Crippen MR) is 61.6 cm³/mol. The fourth-order valence-electron chi connectivity index (χ4n) is 1.57. The molecule has 0 aromatic rings. The van der Waals surface area contributed by atoms with Crippen LogP contribution in [0.25, 0.3) is 0 Å². The Morgan fingerprint density at radius 1 is 1.50 bits per heavy atom. The van der Waals surface area contributed by atoms with E-state index >= 15 is 0 Å². The van der Waals surface area contributed by atoms with Crippen molar-refractivity contribution in [2.75, 3.05) is 13.6 Å². The SMILES string of the molecule is C=C1NC(=C/C)/C(=C\C(C)C)CN1C. The Hall–Kier alpha value is -1.18. The third-order valence-electron chi connectivity index (χ3n) is 2.32. The molecule has 0 aromatic heterocycles. The van der Waals surface area contributed by atoms with Crippen molar-refractivity contribution < 1.29 is 0 Å². The average molecular weight is 192 g/mol. The fraction of sp³-hybridized carbons (Fsp3) is 0.500. The zero-order valence-electron chi connectivity index (χ0n) is 9.59. The van der Waals surface area contributed by atoms with Crippen LogP contribution in [0.15, 0.2) is 35.8 Å². The summed E-state index contributed by atoms with van der Waals surface area (Å²) in [4.78, 5) is 2.13. The Balaban J connectivity index is 2.89. The molecule has 0 saturated carbocycles. The molecule has 1 aliphatic rings. The number of hydrogen-bond acceptors (Lipinski definition) is 2. The van der Waals surface area contributed by atoms with E-state index in [1.165, 1.54) is 11.3 Å². The summed E-state index contributed by atoms with van der Waals surface area (Å²) >= 11 is 0. The van der Waals surface area contributed by atoms with E-state index in [1.807, 2.05) is 0 Å². The number of rotatable bonds is 1. The summed E-state index contributed by atoms with van der Waals surface area (Å²) in [5, 5.41) is 3.30. The summed E-state index contributed by atoms with van der Waals surface area (Å²) in [5.41, 5.74) is 2.55. The minimum Gasteiger partial charge on any atom is -0.357 e. The third-order valence-corrected chi connectivity index (χ3v) is 2.32. The fourth-order valence-corrected chi connectivity index (χ4v) is 1.57. The van der Waals surface area contributed by atoms with Gasteiger partial charge in [0, 0.05) is 19.3 Å². The summed E-state index contributed by atoms with van der Waals surface area (Å²) in [7, 11) is 2.05. The molecule has 1 fully saturated rings. The van der Waals surface area contributed by atoms with E-state index in [0.29, 0.717) is 5.92 Å². The molecule has 1 saturated heterocycles. The molecule has 0 unspecified atom stereocenters. The lowest BCUT2D eigenvalue weighted by Crippen LogP contribution is -2.36. The second kappa shape index (κ2) is 4.36. The normalized spacial score (nSPS) is 23.5. The zero-order valence-corrected chi connectivity index (χ0v) is 9.59. The van der Waals surface area contributed by atoms with Gasteiger partial charge in [0.2, 0.25) is 0 Å². The first kappa shape index (κ1) is 10.9. The summed E-state index contributed by atoms with van der Waals surface area (Å²) in [6, 6.07) is 0. The van der Waals surface area contributed by atoms with Gasteiger partial charge in [0.25, 0.3) is 0 Å². The minimum absolute atomic E-state index is 0.585. The Labute approximate surface area is 87.0 Å². The molecule has 0 bridgehead atoms. The van der Waals surface area contributed by atoms with Crippen molar-refractivity contribution in [2.45, 2.75) is 20.8 Å². The molecule has 78 valence electrons. The highest BCUT2D eigenvalue weighted by Crippen LogP contribution is 2.19. The molecule has 0 radical (unpaired) electrons. The Bertz CT molecular complexity index is 285. The van der Waals surface area contributed by atoms with Crippen LogP contribution in [0.1, 0.15) is 20.8 Å². The Morgan fingerprint density at radius 3 is 2.64 bits per heavy atom. The lowest BCUT2D eigenvalue weighted by Gasteiger charge is -2.32. The zero-order chi connectivity index (χ0) is 10.7. The first-order chi connectivity index (χ1) is 6.54. The standard InChI is InChI=1S/C12H20N2/c1-6-12-11(7-9(2)3)8-14(5)10(4)13-12/h6-7,9,13H,4,8H2,1-3,5H3/b11-7-,12-6+. The molecule has 0 atom stereocenters. The second-order valence-corrected chi connectivity index (χ2v) is 4.07. The maximum atomic E-state index is 3.95. The highest BCUT2D eigenvalue weighted by atomic mass is 15.2. The van der Waals surface area contributed by atoms with Crippen molar-refractivity contribution >= 4 is 0 Å². The summed E-state index contributed by atoms with van der Waals surface area (Å²) in [5.74, 6) is 1.56. The van der Waals surface area contributed by atoms with Crippen molar-refractivity contribution in [3.63, 3.8) is 0 Å². The number of nitrogens with one attached hydrogen (secondary N) is 1. The minimum atomic E-state index is 0.585. The smallest absolute Gasteiger partial charge is 0.0983 e. The molecular weight excluding hydrogens is 172 g/mol. The van der Waals surface area contributed by atoms with E-state index in [4.69, 9.17) is 0 Å². The first-order valence-corrected chi connectivity index (χ1v) is 5.09. The molecular formula is C12H20N2. The quantitative estimate of drug-likeness (QED) is 0.686. The molecule has 1 aliphatic heterocycles. The van der Waals surface area contributed by atoms with Crippen molar-refractivity contribution in [1.29, 1.82) is 0 Å². The molecule has 0 amide bonds. The number of likely N-dealkylation sites (N-methyl/N-ethyl adjacent to an activating group) is 1. The topological polar surface area (TPSA) is 15.3 Å². The van der Waals surface area contributed by atoms with Gasteiger partial charge in [-0.15, -0.1) is 0 Å². The summed E-state index contributed by atoms with van der Waals surface area (Å²) in [6.07, 6.45) is 4.40. The predicted octanol–water partition coefficient (Wildman–Crippen LogP) is 2.48. The molecule has 2 nitrogen and oxygen atoms in total. The number of hydrogen-bond donors (Lipinski definition) is 1. The molecule has 0 aromatic carbocycles. The molecule has 1 rings (SSSR count). The van der Waals surface area contributed by atoms with Crippen LogP contribution in [-0.4, -0.2) is 18.5 Å². The van der Waals surface area contributed by atoms with Gasteiger partial charge in [0.05, 0.1) is 5.82 Å². The average Bonchev–Trinajstić information content (AvgIpc) is 2.10. The monoisotopic (exact) mass is 192 g/mol. The van der Waals surface area contributed by atoms with Gasteiger partial charge in [-0.25, -0.2) is 0 Å². The van der Waals surface area contributed by atoms with Crippen molar-refractivity contribution in [2.24, 2.45) is 5.92 Å². The summed E-state index contributed by atoms with van der Waals surface area (Å²) in [6.45, 7) is 11.3. The maximum Gasteiger partial charge on any atom is 0.0983 e. The largest absolute Gasteiger partial charge is 0.357 e. The lowest BCUT2D eigenvalue weighted by atomic mass is 10.0. The molecule has 1 N–H and O–H groups in total. The van der Waals surface area contributed by atoms with Crippen LogP contribution in [0.3, 0.4) is 0 Å². The van der Waals surface area contributed by atoms with E-state index in [2.05, 4.69) is 56.8 Å². The second-order valence-electron chi connectivity index (χ2n) is 4.07. The molecule has 0 spiro atoms. The van der Waals surface area contributed by atoms with E-state index < -0.39 is 0 Å².